The highest BCUT2D eigenvalue weighted by Crippen LogP contribution is 2.45. The third kappa shape index (κ3) is 9.34. The first-order chi connectivity index (χ1) is 27.1. The molecular weight excluding hydrogens is 756 g/mol. The second kappa shape index (κ2) is 16.9. The molecule has 1 saturated heterocycles. The van der Waals surface area contributed by atoms with Crippen molar-refractivity contribution in [3.63, 3.8) is 0 Å². The number of piperidine rings is 1. The Morgan fingerprint density at radius 2 is 1.51 bits per heavy atom. The summed E-state index contributed by atoms with van der Waals surface area (Å²) in [7, 11) is 1.57. The van der Waals surface area contributed by atoms with Crippen molar-refractivity contribution < 1.29 is 45.3 Å². The van der Waals surface area contributed by atoms with Crippen molar-refractivity contribution in [1.82, 2.24) is 25.0 Å². The van der Waals surface area contributed by atoms with Crippen LogP contribution in [0.25, 0.3) is 0 Å². The number of carbonyl (C=O) groups excluding carboxylic acids is 1. The average Bonchev–Trinajstić information content (AvgIpc) is 3.65. The van der Waals surface area contributed by atoms with E-state index in [-0.39, 0.29) is 50.8 Å². The van der Waals surface area contributed by atoms with Gasteiger partial charge >= 0.3 is 24.1 Å². The molecule has 302 valence electrons. The highest BCUT2D eigenvalue weighted by molar-refractivity contribution is 5.70. The quantitative estimate of drug-likeness (QED) is 0.116. The average molecular weight is 798 g/mol. The van der Waals surface area contributed by atoms with Gasteiger partial charge in [-0.25, -0.2) is 14.7 Å². The van der Waals surface area contributed by atoms with Gasteiger partial charge in [0.05, 0.1) is 48.6 Å². The third-order valence-electron chi connectivity index (χ3n) is 10.4. The number of rotatable bonds is 13. The molecule has 1 unspecified atom stereocenters. The van der Waals surface area contributed by atoms with Crippen LogP contribution in [0.2, 0.25) is 0 Å². The number of hydrogen-bond donors (Lipinski definition) is 2. The molecule has 0 spiro atoms. The lowest BCUT2D eigenvalue weighted by Gasteiger charge is -2.53. The molecule has 2 N–H and O–H groups in total. The van der Waals surface area contributed by atoms with E-state index < -0.39 is 52.4 Å². The molecule has 1 aliphatic heterocycles. The summed E-state index contributed by atoms with van der Waals surface area (Å²) in [5, 5.41) is 9.83. The number of ether oxygens (including phenoxy) is 3. The SMILES string of the molecule is COc1ccc(CNC[C@]2(n3cn[nH]c3=O)CCC(CO[C@H](C)c3cc(C(F)(F)F)cc(C(F)(F)F)c3)(c3ccccc3)N(C(=O)OCc3ccccc3)C2)cc1. The van der Waals surface area contributed by atoms with Crippen LogP contribution in [-0.4, -0.2) is 52.6 Å². The number of nitrogens with one attached hydrogen (secondary N) is 2. The lowest BCUT2D eigenvalue weighted by atomic mass is 9.74. The molecule has 16 heteroatoms. The number of hydrogen-bond acceptors (Lipinski definition) is 7. The van der Waals surface area contributed by atoms with E-state index in [1.165, 1.54) is 22.7 Å². The van der Waals surface area contributed by atoms with E-state index in [9.17, 15) is 35.9 Å². The smallest absolute Gasteiger partial charge is 0.416 e. The number of aromatic nitrogens is 3. The van der Waals surface area contributed by atoms with Crippen molar-refractivity contribution in [2.24, 2.45) is 0 Å². The second-order valence-corrected chi connectivity index (χ2v) is 14.0. The minimum absolute atomic E-state index is 0.0629. The van der Waals surface area contributed by atoms with Crippen molar-refractivity contribution in [2.75, 3.05) is 26.8 Å². The van der Waals surface area contributed by atoms with Gasteiger partial charge in [-0.15, -0.1) is 0 Å². The number of methoxy groups -OCH3 is 1. The first kappa shape index (κ1) is 41.0. The van der Waals surface area contributed by atoms with E-state index >= 15 is 0 Å². The van der Waals surface area contributed by atoms with Crippen LogP contribution in [-0.2, 0) is 46.1 Å². The Hall–Kier alpha value is -5.61. The van der Waals surface area contributed by atoms with E-state index in [0.717, 1.165) is 5.56 Å². The fourth-order valence-electron chi connectivity index (χ4n) is 7.19. The lowest BCUT2D eigenvalue weighted by Crippen LogP contribution is -2.65. The van der Waals surface area contributed by atoms with Crippen LogP contribution in [0.15, 0.2) is 114 Å². The summed E-state index contributed by atoms with van der Waals surface area (Å²) >= 11 is 0. The molecule has 0 saturated carbocycles. The zero-order valence-electron chi connectivity index (χ0n) is 31.1. The summed E-state index contributed by atoms with van der Waals surface area (Å²) in [5.74, 6) is 0.680. The second-order valence-electron chi connectivity index (χ2n) is 14.0. The molecule has 5 aromatic rings. The molecule has 6 rings (SSSR count). The summed E-state index contributed by atoms with van der Waals surface area (Å²) in [4.78, 5) is 29.3. The predicted octanol–water partition coefficient (Wildman–Crippen LogP) is 8.21. The fraction of sp³-hybridized carbons (Fsp3) is 0.341. The summed E-state index contributed by atoms with van der Waals surface area (Å²) in [6.07, 6.45) is -10.5. The number of alkyl halides is 6. The summed E-state index contributed by atoms with van der Waals surface area (Å²) in [5.41, 5.74) is -4.11. The number of H-pyrrole nitrogens is 1. The van der Waals surface area contributed by atoms with E-state index in [4.69, 9.17) is 14.2 Å². The first-order valence-corrected chi connectivity index (χ1v) is 18.0. The molecule has 1 fully saturated rings. The van der Waals surface area contributed by atoms with Crippen LogP contribution >= 0.6 is 0 Å². The molecule has 4 aromatic carbocycles. The molecule has 2 heterocycles. The van der Waals surface area contributed by atoms with Gasteiger partial charge < -0.3 is 19.5 Å². The van der Waals surface area contributed by atoms with Gasteiger partial charge in [-0.1, -0.05) is 72.8 Å². The van der Waals surface area contributed by atoms with E-state index in [1.807, 2.05) is 30.3 Å². The number of carbonyl (C=O) groups is 1. The molecule has 57 heavy (non-hydrogen) atoms. The monoisotopic (exact) mass is 797 g/mol. The van der Waals surface area contributed by atoms with Gasteiger partial charge in [-0.2, -0.15) is 31.4 Å². The van der Waals surface area contributed by atoms with Crippen LogP contribution in [0, 0.1) is 0 Å². The molecule has 0 aliphatic carbocycles. The van der Waals surface area contributed by atoms with Crippen molar-refractivity contribution in [2.45, 2.75) is 62.5 Å². The number of aromatic amines is 1. The van der Waals surface area contributed by atoms with Gasteiger partial charge in [0.25, 0.3) is 0 Å². The van der Waals surface area contributed by atoms with Gasteiger partial charge in [-0.3, -0.25) is 9.47 Å². The minimum Gasteiger partial charge on any atom is -0.497 e. The van der Waals surface area contributed by atoms with E-state index in [2.05, 4.69) is 15.5 Å². The van der Waals surface area contributed by atoms with Crippen LogP contribution in [0.1, 0.15) is 59.3 Å². The largest absolute Gasteiger partial charge is 0.497 e. The van der Waals surface area contributed by atoms with Gasteiger partial charge in [0, 0.05) is 13.1 Å². The van der Waals surface area contributed by atoms with Gasteiger partial charge in [0.2, 0.25) is 0 Å². The number of benzene rings is 4. The topological polar surface area (TPSA) is 111 Å². The van der Waals surface area contributed by atoms with Crippen molar-refractivity contribution >= 4 is 6.09 Å². The third-order valence-corrected chi connectivity index (χ3v) is 10.4. The zero-order chi connectivity index (χ0) is 40.8. The Labute approximate surface area is 324 Å². The zero-order valence-corrected chi connectivity index (χ0v) is 31.1. The van der Waals surface area contributed by atoms with Crippen molar-refractivity contribution in [1.29, 1.82) is 0 Å². The van der Waals surface area contributed by atoms with E-state index in [0.29, 0.717) is 35.6 Å². The van der Waals surface area contributed by atoms with Crippen molar-refractivity contribution in [3.8, 4) is 5.75 Å². The van der Waals surface area contributed by atoms with Crippen LogP contribution in [0.3, 0.4) is 0 Å². The van der Waals surface area contributed by atoms with Crippen LogP contribution in [0.4, 0.5) is 31.1 Å². The Kier molecular flexibility index (Phi) is 12.1. The molecule has 1 aliphatic rings. The molecule has 1 amide bonds. The summed E-state index contributed by atoms with van der Waals surface area (Å²) < 4.78 is 102. The fourth-order valence-corrected chi connectivity index (χ4v) is 7.19. The number of amides is 1. The van der Waals surface area contributed by atoms with Crippen molar-refractivity contribution in [3.05, 3.63) is 153 Å². The van der Waals surface area contributed by atoms with Gasteiger partial charge in [-0.05, 0) is 72.4 Å². The molecule has 3 atom stereocenters. The van der Waals surface area contributed by atoms with E-state index in [1.54, 1.807) is 61.7 Å². The highest BCUT2D eigenvalue weighted by Gasteiger charge is 2.53. The Balaban J connectivity index is 1.39. The van der Waals surface area contributed by atoms with Crippen LogP contribution < -0.4 is 15.7 Å². The van der Waals surface area contributed by atoms with Gasteiger partial charge in [0.15, 0.2) is 0 Å². The molecular formula is C41H41F6N5O5. The number of likely N-dealkylation sites (tertiary alicyclic amines) is 1. The Morgan fingerprint density at radius 3 is 2.09 bits per heavy atom. The molecule has 0 bridgehead atoms. The first-order valence-electron chi connectivity index (χ1n) is 18.0. The maximum Gasteiger partial charge on any atom is 0.416 e. The molecule has 10 nitrogen and oxygen atoms in total. The number of halogens is 6. The molecule has 1 aromatic heterocycles. The Bertz CT molecular complexity index is 2130. The normalized spacial score (nSPS) is 19.3. The number of nitrogens with zero attached hydrogens (tertiary/aromatic N) is 3. The van der Waals surface area contributed by atoms with Crippen LogP contribution in [0.5, 0.6) is 5.75 Å². The summed E-state index contributed by atoms with van der Waals surface area (Å²) in [6, 6.07) is 26.5. The maximum absolute atomic E-state index is 14.5. The highest BCUT2D eigenvalue weighted by atomic mass is 19.4. The predicted molar refractivity (Wildman–Crippen MR) is 197 cm³/mol. The standard InChI is InChI=1S/C41H41F6N5O5/c1-28(31-19-33(40(42,43)44)21-34(20-31)41(45,46)47)57-26-39(32-11-7-4-8-12-32)18-17-38(52-27-49-50-36(52)53,24-48-22-29-13-15-35(55-2)16-14-29)25-51(39)37(54)56-23-30-9-5-3-6-10-30/h3-16,19-21,27-28,48H,17-18,22-26H2,1-2H3,(H,50,53)/t28-,38-,39?/m1/s1. The Morgan fingerprint density at radius 1 is 0.877 bits per heavy atom. The molecule has 0 radical (unpaired) electrons. The maximum atomic E-state index is 14.5. The van der Waals surface area contributed by atoms with Gasteiger partial charge in [0.1, 0.15) is 18.7 Å². The summed E-state index contributed by atoms with van der Waals surface area (Å²) in [6.45, 7) is 1.31. The lowest BCUT2D eigenvalue weighted by molar-refractivity contribution is -0.143. The minimum atomic E-state index is -5.06.